The summed E-state index contributed by atoms with van der Waals surface area (Å²) < 4.78 is 6.96. The molecule has 7 heteroatoms. The van der Waals surface area contributed by atoms with E-state index in [-0.39, 0.29) is 0 Å². The largest absolute Gasteiger partial charge is 0.364 e. The second-order valence-corrected chi connectivity index (χ2v) is 6.11. The van der Waals surface area contributed by atoms with Crippen molar-refractivity contribution in [3.8, 4) is 0 Å². The predicted molar refractivity (Wildman–Crippen MR) is 93.6 cm³/mol. The molecule has 2 aromatic heterocycles. The molecular formula is C17H26N6O. The number of rotatable bonds is 5. The third kappa shape index (κ3) is 4.38. The number of piperazine rings is 1. The Kier molecular flexibility index (Phi) is 5.53. The van der Waals surface area contributed by atoms with Gasteiger partial charge in [0.15, 0.2) is 5.96 Å². The summed E-state index contributed by atoms with van der Waals surface area (Å²) in [4.78, 5) is 9.53. The van der Waals surface area contributed by atoms with Crippen molar-refractivity contribution in [1.29, 1.82) is 0 Å². The molecular weight excluding hydrogens is 304 g/mol. The van der Waals surface area contributed by atoms with E-state index in [9.17, 15) is 0 Å². The third-order valence-corrected chi connectivity index (χ3v) is 4.19. The molecule has 130 valence electrons. The van der Waals surface area contributed by atoms with Crippen LogP contribution in [0, 0.1) is 0 Å². The second kappa shape index (κ2) is 8.01. The lowest BCUT2D eigenvalue weighted by Gasteiger charge is -2.36. The molecule has 0 unspecified atom stereocenters. The number of hydrogen-bond acceptors (Lipinski definition) is 4. The van der Waals surface area contributed by atoms with E-state index < -0.39 is 0 Å². The second-order valence-electron chi connectivity index (χ2n) is 6.11. The Morgan fingerprint density at radius 1 is 1.29 bits per heavy atom. The van der Waals surface area contributed by atoms with E-state index in [2.05, 4.69) is 50.2 Å². The van der Waals surface area contributed by atoms with Gasteiger partial charge in [0.1, 0.15) is 6.26 Å². The van der Waals surface area contributed by atoms with Crippen molar-refractivity contribution < 1.29 is 4.52 Å². The Bertz CT molecular complexity index is 640. The lowest BCUT2D eigenvalue weighted by molar-refractivity contribution is 0.169. The standard InChI is InChI=1S/C17H26N6O/c1-3-18-17(19-12-15-4-6-21(2)13-15)23-9-7-22(8-10-23)14-16-5-11-24-20-16/h4-6,11,13H,3,7-10,12,14H2,1-2H3,(H,18,19). The minimum Gasteiger partial charge on any atom is -0.364 e. The van der Waals surface area contributed by atoms with Gasteiger partial charge in [0.25, 0.3) is 0 Å². The van der Waals surface area contributed by atoms with Crippen molar-refractivity contribution in [2.24, 2.45) is 12.0 Å². The van der Waals surface area contributed by atoms with Crippen molar-refractivity contribution >= 4 is 5.96 Å². The van der Waals surface area contributed by atoms with E-state index in [1.165, 1.54) is 5.56 Å². The zero-order valence-electron chi connectivity index (χ0n) is 14.5. The van der Waals surface area contributed by atoms with Crippen LogP contribution in [0.25, 0.3) is 0 Å². The lowest BCUT2D eigenvalue weighted by atomic mass is 10.3. The van der Waals surface area contributed by atoms with Crippen molar-refractivity contribution in [1.82, 2.24) is 24.8 Å². The van der Waals surface area contributed by atoms with Gasteiger partial charge < -0.3 is 19.3 Å². The Morgan fingerprint density at radius 2 is 2.12 bits per heavy atom. The van der Waals surface area contributed by atoms with Crippen molar-refractivity contribution in [3.05, 3.63) is 42.0 Å². The van der Waals surface area contributed by atoms with Crippen LogP contribution in [0.1, 0.15) is 18.2 Å². The first-order chi connectivity index (χ1) is 11.7. The van der Waals surface area contributed by atoms with Crippen LogP contribution in [-0.4, -0.2) is 58.2 Å². The fourth-order valence-corrected chi connectivity index (χ4v) is 2.91. The zero-order chi connectivity index (χ0) is 16.8. The van der Waals surface area contributed by atoms with Gasteiger partial charge in [-0.1, -0.05) is 5.16 Å². The highest BCUT2D eigenvalue weighted by Crippen LogP contribution is 2.08. The van der Waals surface area contributed by atoms with Crippen LogP contribution >= 0.6 is 0 Å². The first kappa shape index (κ1) is 16.6. The Balaban J connectivity index is 1.54. The van der Waals surface area contributed by atoms with Gasteiger partial charge in [-0.2, -0.15) is 0 Å². The topological polar surface area (TPSA) is 61.8 Å². The first-order valence-corrected chi connectivity index (χ1v) is 8.50. The molecule has 1 aliphatic heterocycles. The average Bonchev–Trinajstić information content (AvgIpc) is 3.24. The molecule has 0 saturated carbocycles. The minimum absolute atomic E-state index is 0.711. The SMILES string of the molecule is CCNC(=NCc1ccn(C)c1)N1CCN(Cc2ccon2)CC1. The monoisotopic (exact) mass is 330 g/mol. The van der Waals surface area contributed by atoms with Gasteiger partial charge >= 0.3 is 0 Å². The van der Waals surface area contributed by atoms with Crippen LogP contribution in [0.3, 0.4) is 0 Å². The lowest BCUT2D eigenvalue weighted by Crippen LogP contribution is -2.52. The molecule has 3 heterocycles. The molecule has 1 N–H and O–H groups in total. The van der Waals surface area contributed by atoms with E-state index in [0.29, 0.717) is 6.54 Å². The van der Waals surface area contributed by atoms with E-state index >= 15 is 0 Å². The fraction of sp³-hybridized carbons (Fsp3) is 0.529. The van der Waals surface area contributed by atoms with Crippen molar-refractivity contribution in [2.45, 2.75) is 20.0 Å². The molecule has 2 aromatic rings. The van der Waals surface area contributed by atoms with Gasteiger partial charge in [0, 0.05) is 64.8 Å². The molecule has 0 atom stereocenters. The van der Waals surface area contributed by atoms with Crippen LogP contribution in [0.5, 0.6) is 0 Å². The number of hydrogen-bond donors (Lipinski definition) is 1. The Morgan fingerprint density at radius 3 is 2.75 bits per heavy atom. The highest BCUT2D eigenvalue weighted by atomic mass is 16.5. The van der Waals surface area contributed by atoms with Gasteiger partial charge in [-0.3, -0.25) is 4.90 Å². The molecule has 0 spiro atoms. The molecule has 24 heavy (non-hydrogen) atoms. The van der Waals surface area contributed by atoms with Crippen LogP contribution in [0.15, 0.2) is 40.3 Å². The molecule has 0 radical (unpaired) electrons. The third-order valence-electron chi connectivity index (χ3n) is 4.19. The summed E-state index contributed by atoms with van der Waals surface area (Å²) in [5.41, 5.74) is 2.23. The Labute approximate surface area is 142 Å². The van der Waals surface area contributed by atoms with Gasteiger partial charge in [-0.05, 0) is 18.6 Å². The zero-order valence-corrected chi connectivity index (χ0v) is 14.5. The van der Waals surface area contributed by atoms with E-state index in [0.717, 1.165) is 50.9 Å². The highest BCUT2D eigenvalue weighted by molar-refractivity contribution is 5.80. The summed E-state index contributed by atoms with van der Waals surface area (Å²) in [7, 11) is 2.03. The van der Waals surface area contributed by atoms with Gasteiger partial charge in [-0.15, -0.1) is 0 Å². The van der Waals surface area contributed by atoms with Crippen molar-refractivity contribution in [3.63, 3.8) is 0 Å². The molecule has 1 saturated heterocycles. The number of nitrogens with zero attached hydrogens (tertiary/aromatic N) is 5. The van der Waals surface area contributed by atoms with Crippen LogP contribution in [-0.2, 0) is 20.1 Å². The molecule has 3 rings (SSSR count). The molecule has 0 aromatic carbocycles. The van der Waals surface area contributed by atoms with E-state index in [1.807, 2.05) is 13.1 Å². The summed E-state index contributed by atoms with van der Waals surface area (Å²) >= 11 is 0. The maximum Gasteiger partial charge on any atom is 0.194 e. The smallest absolute Gasteiger partial charge is 0.194 e. The number of aliphatic imine (C=N–C) groups is 1. The van der Waals surface area contributed by atoms with Crippen LogP contribution in [0.4, 0.5) is 0 Å². The van der Waals surface area contributed by atoms with Gasteiger partial charge in [-0.25, -0.2) is 4.99 Å². The van der Waals surface area contributed by atoms with Gasteiger partial charge in [0.05, 0.1) is 12.2 Å². The summed E-state index contributed by atoms with van der Waals surface area (Å²) in [5, 5.41) is 7.40. The summed E-state index contributed by atoms with van der Waals surface area (Å²) in [6.07, 6.45) is 5.80. The van der Waals surface area contributed by atoms with Crippen LogP contribution < -0.4 is 5.32 Å². The van der Waals surface area contributed by atoms with Gasteiger partial charge in [0.2, 0.25) is 0 Å². The summed E-state index contributed by atoms with van der Waals surface area (Å²) in [6.45, 7) is 8.50. The quantitative estimate of drug-likeness (QED) is 0.661. The number of aromatic nitrogens is 2. The fourth-order valence-electron chi connectivity index (χ4n) is 2.91. The minimum atomic E-state index is 0.711. The number of aryl methyl sites for hydroxylation is 1. The van der Waals surface area contributed by atoms with Crippen molar-refractivity contribution in [2.75, 3.05) is 32.7 Å². The Hall–Kier alpha value is -2.28. The molecule has 1 aliphatic rings. The molecule has 0 amide bonds. The summed E-state index contributed by atoms with van der Waals surface area (Å²) in [6, 6.07) is 4.04. The molecule has 7 nitrogen and oxygen atoms in total. The van der Waals surface area contributed by atoms with E-state index in [4.69, 9.17) is 9.52 Å². The maximum atomic E-state index is 4.91. The number of guanidine groups is 1. The van der Waals surface area contributed by atoms with Crippen LogP contribution in [0.2, 0.25) is 0 Å². The highest BCUT2D eigenvalue weighted by Gasteiger charge is 2.20. The maximum absolute atomic E-state index is 4.91. The summed E-state index contributed by atoms with van der Waals surface area (Å²) in [5.74, 6) is 1.00. The normalized spacial score (nSPS) is 16.6. The van der Waals surface area contributed by atoms with E-state index in [1.54, 1.807) is 6.26 Å². The predicted octanol–water partition coefficient (Wildman–Crippen LogP) is 1.30. The molecule has 1 fully saturated rings. The number of nitrogens with one attached hydrogen (secondary N) is 1. The average molecular weight is 330 g/mol. The first-order valence-electron chi connectivity index (χ1n) is 8.50. The molecule has 0 aliphatic carbocycles. The molecule has 0 bridgehead atoms.